The van der Waals surface area contributed by atoms with Crippen molar-refractivity contribution >= 4 is 11.8 Å². The zero-order valence-electron chi connectivity index (χ0n) is 10.5. The topological polar surface area (TPSA) is 95.8 Å². The second kappa shape index (κ2) is 6.90. The lowest BCUT2D eigenvalue weighted by Gasteiger charge is -2.04. The average Bonchev–Trinajstić information content (AvgIpc) is 2.48. The van der Waals surface area contributed by atoms with E-state index in [1.807, 2.05) is 6.26 Å². The Balaban J connectivity index is 2.17. The summed E-state index contributed by atoms with van der Waals surface area (Å²) < 4.78 is 10.2. The van der Waals surface area contributed by atoms with Gasteiger partial charge in [0.15, 0.2) is 0 Å². The lowest BCUT2D eigenvalue weighted by Crippen LogP contribution is -2.08. The molecule has 0 fully saturated rings. The number of hydrogen-bond donors (Lipinski definition) is 0. The van der Waals surface area contributed by atoms with Gasteiger partial charge in [-0.3, -0.25) is 0 Å². The predicted octanol–water partition coefficient (Wildman–Crippen LogP) is 0.471. The monoisotopic (exact) mass is 280 g/mol. The Morgan fingerprint density at radius 3 is 2.53 bits per heavy atom. The van der Waals surface area contributed by atoms with Crippen molar-refractivity contribution in [3.05, 3.63) is 12.4 Å². The smallest absolute Gasteiger partial charge is 0.336 e. The molecular formula is C10H12N6O2S. The minimum Gasteiger partial charge on any atom is -0.460 e. The summed E-state index contributed by atoms with van der Waals surface area (Å²) in [5.41, 5.74) is 1.11. The predicted molar refractivity (Wildman–Crippen MR) is 67.8 cm³/mol. The highest BCUT2D eigenvalue weighted by Crippen LogP contribution is 2.16. The number of aromatic nitrogens is 6. The highest BCUT2D eigenvalue weighted by molar-refractivity contribution is 7.98. The molecule has 0 N–H and O–H groups in total. The van der Waals surface area contributed by atoms with Crippen molar-refractivity contribution in [2.24, 2.45) is 0 Å². The number of methoxy groups -OCH3 is 1. The molecule has 2 aromatic rings. The van der Waals surface area contributed by atoms with Crippen LogP contribution in [-0.4, -0.2) is 56.9 Å². The van der Waals surface area contributed by atoms with Crippen molar-refractivity contribution in [2.45, 2.75) is 5.16 Å². The van der Waals surface area contributed by atoms with E-state index in [2.05, 4.69) is 30.4 Å². The average molecular weight is 280 g/mol. The maximum Gasteiger partial charge on any atom is 0.336 e. The van der Waals surface area contributed by atoms with Crippen LogP contribution >= 0.6 is 11.8 Å². The van der Waals surface area contributed by atoms with Crippen molar-refractivity contribution in [1.82, 2.24) is 30.4 Å². The molecule has 0 amide bonds. The molecule has 0 aliphatic rings. The molecule has 0 spiro atoms. The normalized spacial score (nSPS) is 10.4. The molecule has 0 atom stereocenters. The molecule has 0 saturated heterocycles. The largest absolute Gasteiger partial charge is 0.460 e. The Morgan fingerprint density at radius 2 is 1.79 bits per heavy atom. The highest BCUT2D eigenvalue weighted by Gasteiger charge is 2.07. The lowest BCUT2D eigenvalue weighted by atomic mass is 10.3. The summed E-state index contributed by atoms with van der Waals surface area (Å²) in [7, 11) is 1.59. The molecule has 100 valence electrons. The van der Waals surface area contributed by atoms with Gasteiger partial charge in [0.2, 0.25) is 5.16 Å². The van der Waals surface area contributed by atoms with Gasteiger partial charge in [-0.15, -0.1) is 5.10 Å². The molecule has 0 radical (unpaired) electrons. The van der Waals surface area contributed by atoms with Crippen LogP contribution in [0.25, 0.3) is 11.4 Å². The third-order valence-corrected chi connectivity index (χ3v) is 2.58. The molecule has 0 unspecified atom stereocenters. The van der Waals surface area contributed by atoms with Crippen molar-refractivity contribution in [3.63, 3.8) is 0 Å². The molecule has 9 heteroatoms. The summed E-state index contributed by atoms with van der Waals surface area (Å²) >= 11 is 1.40. The van der Waals surface area contributed by atoms with Gasteiger partial charge in [-0.1, -0.05) is 16.9 Å². The Kier molecular flexibility index (Phi) is 4.93. The van der Waals surface area contributed by atoms with Gasteiger partial charge in [0.1, 0.15) is 18.0 Å². The van der Waals surface area contributed by atoms with Crippen LogP contribution in [0.2, 0.25) is 0 Å². The number of hydrogen-bond acceptors (Lipinski definition) is 9. The lowest BCUT2D eigenvalue weighted by molar-refractivity contribution is 0.140. The van der Waals surface area contributed by atoms with Crippen molar-refractivity contribution in [3.8, 4) is 17.4 Å². The molecule has 2 rings (SSSR count). The molecule has 19 heavy (non-hydrogen) atoms. The summed E-state index contributed by atoms with van der Waals surface area (Å²) in [4.78, 5) is 8.48. The fourth-order valence-electron chi connectivity index (χ4n) is 1.19. The van der Waals surface area contributed by atoms with Crippen LogP contribution in [0.5, 0.6) is 6.01 Å². The van der Waals surface area contributed by atoms with E-state index in [9.17, 15) is 0 Å². The van der Waals surface area contributed by atoms with E-state index in [0.717, 1.165) is 0 Å². The van der Waals surface area contributed by atoms with Gasteiger partial charge in [-0.05, 0) is 6.26 Å². The van der Waals surface area contributed by atoms with E-state index >= 15 is 0 Å². The molecule has 8 nitrogen and oxygen atoms in total. The van der Waals surface area contributed by atoms with E-state index in [-0.39, 0.29) is 6.01 Å². The van der Waals surface area contributed by atoms with Crippen LogP contribution in [0.3, 0.4) is 0 Å². The quantitative estimate of drug-likeness (QED) is 0.552. The highest BCUT2D eigenvalue weighted by atomic mass is 32.2. The van der Waals surface area contributed by atoms with Crippen molar-refractivity contribution < 1.29 is 9.47 Å². The fraction of sp³-hybridized carbons (Fsp3) is 0.400. The summed E-state index contributed by atoms with van der Waals surface area (Å²) in [5, 5.41) is 15.9. The summed E-state index contributed by atoms with van der Waals surface area (Å²) in [6.07, 6.45) is 4.89. The van der Waals surface area contributed by atoms with E-state index in [1.54, 1.807) is 7.11 Å². The maximum atomic E-state index is 5.29. The minimum absolute atomic E-state index is 0.180. The van der Waals surface area contributed by atoms with E-state index < -0.39 is 0 Å². The summed E-state index contributed by atoms with van der Waals surface area (Å²) in [6.45, 7) is 0.818. The number of rotatable bonds is 6. The first-order valence-electron chi connectivity index (χ1n) is 5.39. The molecule has 0 saturated carbocycles. The van der Waals surface area contributed by atoms with Gasteiger partial charge in [0, 0.05) is 7.11 Å². The molecule has 2 aromatic heterocycles. The van der Waals surface area contributed by atoms with Gasteiger partial charge < -0.3 is 9.47 Å². The van der Waals surface area contributed by atoms with E-state index in [4.69, 9.17) is 9.47 Å². The van der Waals surface area contributed by atoms with Crippen molar-refractivity contribution in [2.75, 3.05) is 26.6 Å². The Hall–Kier alpha value is -1.87. The third kappa shape index (κ3) is 3.80. The standard InChI is InChI=1S/C10H12N6O2S/c1-17-3-4-18-9-13-7(5-11-15-9)8-6-12-16-10(14-8)19-2/h5-6H,3-4H2,1-2H3. The van der Waals surface area contributed by atoms with Crippen LogP contribution in [-0.2, 0) is 4.74 Å². The van der Waals surface area contributed by atoms with Gasteiger partial charge in [0.25, 0.3) is 0 Å². The van der Waals surface area contributed by atoms with Gasteiger partial charge in [-0.2, -0.15) is 15.2 Å². The van der Waals surface area contributed by atoms with Gasteiger partial charge in [0.05, 0.1) is 19.0 Å². The fourth-order valence-corrected chi connectivity index (χ4v) is 1.50. The molecule has 0 aromatic carbocycles. The van der Waals surface area contributed by atoms with Crippen molar-refractivity contribution in [1.29, 1.82) is 0 Å². The first-order chi connectivity index (χ1) is 9.33. The first-order valence-corrected chi connectivity index (χ1v) is 6.61. The molecular weight excluding hydrogens is 268 g/mol. The van der Waals surface area contributed by atoms with E-state index in [0.29, 0.717) is 29.8 Å². The summed E-state index contributed by atoms with van der Waals surface area (Å²) in [6, 6.07) is 0.180. The molecule has 0 aliphatic carbocycles. The third-order valence-electron chi connectivity index (χ3n) is 2.04. The van der Waals surface area contributed by atoms with Gasteiger partial charge >= 0.3 is 6.01 Å². The molecule has 0 bridgehead atoms. The summed E-state index contributed by atoms with van der Waals surface area (Å²) in [5.74, 6) is 0. The van der Waals surface area contributed by atoms with E-state index in [1.165, 1.54) is 24.2 Å². The number of ether oxygens (including phenoxy) is 2. The Labute approximate surface area is 114 Å². The van der Waals surface area contributed by atoms with Crippen LogP contribution in [0, 0.1) is 0 Å². The van der Waals surface area contributed by atoms with Crippen LogP contribution in [0.4, 0.5) is 0 Å². The van der Waals surface area contributed by atoms with Gasteiger partial charge in [-0.25, -0.2) is 4.98 Å². The van der Waals surface area contributed by atoms with Crippen LogP contribution in [0.1, 0.15) is 0 Å². The maximum absolute atomic E-state index is 5.29. The minimum atomic E-state index is 0.180. The van der Waals surface area contributed by atoms with Crippen LogP contribution < -0.4 is 4.74 Å². The Morgan fingerprint density at radius 1 is 1.05 bits per heavy atom. The molecule has 2 heterocycles. The molecule has 0 aliphatic heterocycles. The first kappa shape index (κ1) is 13.6. The number of thioether (sulfide) groups is 1. The zero-order valence-corrected chi connectivity index (χ0v) is 11.3. The zero-order chi connectivity index (χ0) is 13.5. The van der Waals surface area contributed by atoms with Crippen LogP contribution in [0.15, 0.2) is 17.6 Å². The second-order valence-electron chi connectivity index (χ2n) is 3.29. The Bertz CT molecular complexity index is 541. The number of nitrogens with zero attached hydrogens (tertiary/aromatic N) is 6. The second-order valence-corrected chi connectivity index (χ2v) is 4.07. The SMILES string of the molecule is COCCOc1nncc(-c2cnnc(SC)n2)n1.